The quantitative estimate of drug-likeness (QED) is 0.937. The molecule has 2 aromatic heterocycles. The highest BCUT2D eigenvalue weighted by molar-refractivity contribution is 7.17. The van der Waals surface area contributed by atoms with Crippen molar-refractivity contribution in [3.8, 4) is 0 Å². The molecule has 3 nitrogen and oxygen atoms in total. The van der Waals surface area contributed by atoms with Crippen LogP contribution in [0.5, 0.6) is 0 Å². The van der Waals surface area contributed by atoms with Crippen LogP contribution in [-0.4, -0.2) is 29.7 Å². The summed E-state index contributed by atoms with van der Waals surface area (Å²) in [5.41, 5.74) is 0. The fourth-order valence-electron chi connectivity index (χ4n) is 3.97. The van der Waals surface area contributed by atoms with E-state index in [1.165, 1.54) is 41.6 Å². The van der Waals surface area contributed by atoms with Crippen LogP contribution < -0.4 is 10.2 Å². The predicted molar refractivity (Wildman–Crippen MR) is 85.6 cm³/mol. The van der Waals surface area contributed by atoms with Gasteiger partial charge in [-0.1, -0.05) is 0 Å². The van der Waals surface area contributed by atoms with Gasteiger partial charge in [0, 0.05) is 41.0 Å². The molecule has 2 aliphatic heterocycles. The number of hydrogen-bond acceptors (Lipinski definition) is 4. The summed E-state index contributed by atoms with van der Waals surface area (Å²) < 4.78 is 1.35. The van der Waals surface area contributed by atoms with E-state index >= 15 is 0 Å². The van der Waals surface area contributed by atoms with E-state index in [1.54, 1.807) is 0 Å². The number of piperidine rings is 1. The van der Waals surface area contributed by atoms with E-state index in [0.717, 1.165) is 18.6 Å². The van der Waals surface area contributed by atoms with Gasteiger partial charge in [0.2, 0.25) is 0 Å². The van der Waals surface area contributed by atoms with Crippen LogP contribution in [0, 0.1) is 0 Å². The summed E-state index contributed by atoms with van der Waals surface area (Å²) in [7, 11) is 0. The second-order valence-corrected chi connectivity index (χ2v) is 6.96. The second-order valence-electron chi connectivity index (χ2n) is 6.02. The maximum atomic E-state index is 4.71. The Balaban J connectivity index is 1.69. The van der Waals surface area contributed by atoms with Crippen LogP contribution in [0.3, 0.4) is 0 Å². The summed E-state index contributed by atoms with van der Waals surface area (Å²) in [6.07, 6.45) is 7.22. The highest BCUT2D eigenvalue weighted by Gasteiger charge is 2.36. The van der Waals surface area contributed by atoms with Crippen LogP contribution in [0.2, 0.25) is 0 Å². The molecule has 2 bridgehead atoms. The van der Waals surface area contributed by atoms with Gasteiger partial charge in [-0.2, -0.15) is 0 Å². The minimum absolute atomic E-state index is 0.650. The van der Waals surface area contributed by atoms with Crippen LogP contribution in [0.4, 0.5) is 5.82 Å². The Bertz CT molecular complexity index is 597. The molecule has 0 radical (unpaired) electrons. The van der Waals surface area contributed by atoms with Gasteiger partial charge < -0.3 is 10.2 Å². The number of nitrogens with one attached hydrogen (secondary N) is 1. The summed E-state index contributed by atoms with van der Waals surface area (Å²) in [6, 6.07) is 6.46. The van der Waals surface area contributed by atoms with Gasteiger partial charge in [0.25, 0.3) is 0 Å². The molecule has 0 saturated carbocycles. The highest BCUT2D eigenvalue weighted by Crippen LogP contribution is 2.35. The Kier molecular flexibility index (Phi) is 3.15. The number of pyridine rings is 1. The SMILES string of the molecule is CCN(c1nccc2sccc12)C1CC2CCC(C1)N2. The number of nitrogens with zero attached hydrogens (tertiary/aromatic N) is 2. The number of thiophene rings is 1. The largest absolute Gasteiger partial charge is 0.353 e. The molecule has 2 aliphatic rings. The molecule has 4 heterocycles. The van der Waals surface area contributed by atoms with E-state index in [-0.39, 0.29) is 0 Å². The lowest BCUT2D eigenvalue weighted by atomic mass is 9.98. The van der Waals surface area contributed by atoms with Crippen molar-refractivity contribution in [2.24, 2.45) is 0 Å². The highest BCUT2D eigenvalue weighted by atomic mass is 32.1. The molecule has 2 fully saturated rings. The van der Waals surface area contributed by atoms with Gasteiger partial charge in [-0.3, -0.25) is 0 Å². The second kappa shape index (κ2) is 5.01. The van der Waals surface area contributed by atoms with Crippen LogP contribution in [0.1, 0.15) is 32.6 Å². The first-order chi connectivity index (χ1) is 9.85. The van der Waals surface area contributed by atoms with E-state index in [4.69, 9.17) is 4.98 Å². The number of fused-ring (bicyclic) bond motifs is 3. The van der Waals surface area contributed by atoms with Crippen molar-refractivity contribution in [1.29, 1.82) is 0 Å². The summed E-state index contributed by atoms with van der Waals surface area (Å²) >= 11 is 1.81. The van der Waals surface area contributed by atoms with E-state index < -0.39 is 0 Å². The predicted octanol–water partition coefficient (Wildman–Crippen LogP) is 3.41. The molecule has 2 saturated heterocycles. The molecule has 4 rings (SSSR count). The van der Waals surface area contributed by atoms with Crippen LogP contribution in [0.15, 0.2) is 23.7 Å². The van der Waals surface area contributed by atoms with Gasteiger partial charge in [-0.15, -0.1) is 11.3 Å². The topological polar surface area (TPSA) is 28.2 Å². The average molecular weight is 287 g/mol. The van der Waals surface area contributed by atoms with Gasteiger partial charge in [0.15, 0.2) is 0 Å². The molecule has 0 aromatic carbocycles. The smallest absolute Gasteiger partial charge is 0.137 e. The van der Waals surface area contributed by atoms with Crippen LogP contribution in [-0.2, 0) is 0 Å². The van der Waals surface area contributed by atoms with Crippen molar-refractivity contribution in [1.82, 2.24) is 10.3 Å². The van der Waals surface area contributed by atoms with Crippen molar-refractivity contribution < 1.29 is 0 Å². The molecule has 20 heavy (non-hydrogen) atoms. The van der Waals surface area contributed by atoms with Crippen LogP contribution in [0.25, 0.3) is 10.1 Å². The van der Waals surface area contributed by atoms with Crippen molar-refractivity contribution in [2.45, 2.75) is 50.7 Å². The molecular weight excluding hydrogens is 266 g/mol. The Morgan fingerprint density at radius 2 is 2.10 bits per heavy atom. The lowest BCUT2D eigenvalue weighted by molar-refractivity contribution is 0.348. The normalized spacial score (nSPS) is 28.9. The van der Waals surface area contributed by atoms with Crippen molar-refractivity contribution in [3.63, 3.8) is 0 Å². The van der Waals surface area contributed by atoms with E-state index in [2.05, 4.69) is 34.7 Å². The summed E-state index contributed by atoms with van der Waals surface area (Å²) in [5, 5.41) is 7.24. The average Bonchev–Trinajstić information content (AvgIpc) is 3.07. The zero-order valence-corrected chi connectivity index (χ0v) is 12.7. The third kappa shape index (κ3) is 2.02. The van der Waals surface area contributed by atoms with E-state index in [0.29, 0.717) is 6.04 Å². The third-order valence-corrected chi connectivity index (χ3v) is 5.74. The van der Waals surface area contributed by atoms with Crippen molar-refractivity contribution >= 4 is 27.2 Å². The van der Waals surface area contributed by atoms with E-state index in [9.17, 15) is 0 Å². The summed E-state index contributed by atoms with van der Waals surface area (Å²) in [5.74, 6) is 1.19. The maximum absolute atomic E-state index is 4.71. The van der Waals surface area contributed by atoms with Crippen molar-refractivity contribution in [3.05, 3.63) is 23.7 Å². The lowest BCUT2D eigenvalue weighted by Gasteiger charge is -2.38. The molecule has 2 aromatic rings. The van der Waals surface area contributed by atoms with Crippen molar-refractivity contribution in [2.75, 3.05) is 11.4 Å². The molecular formula is C16H21N3S. The standard InChI is InChI=1S/C16H21N3S/c1-2-19(13-9-11-3-4-12(10-13)18-11)16-14-6-8-20-15(14)5-7-17-16/h5-8,11-13,18H,2-4,9-10H2,1H3. The lowest BCUT2D eigenvalue weighted by Crippen LogP contribution is -2.48. The number of hydrogen-bond donors (Lipinski definition) is 1. The molecule has 4 heteroatoms. The Morgan fingerprint density at radius 1 is 1.30 bits per heavy atom. The zero-order chi connectivity index (χ0) is 13.5. The minimum atomic E-state index is 0.650. The monoisotopic (exact) mass is 287 g/mol. The van der Waals surface area contributed by atoms with Gasteiger partial charge in [0.05, 0.1) is 0 Å². The molecule has 0 amide bonds. The molecule has 0 aliphatic carbocycles. The first kappa shape index (κ1) is 12.6. The van der Waals surface area contributed by atoms with Gasteiger partial charge >= 0.3 is 0 Å². The van der Waals surface area contributed by atoms with Gasteiger partial charge in [-0.05, 0) is 50.1 Å². The molecule has 2 atom stereocenters. The first-order valence-corrected chi connectivity index (χ1v) is 8.58. The molecule has 106 valence electrons. The first-order valence-electron chi connectivity index (χ1n) is 7.70. The Morgan fingerprint density at radius 3 is 2.85 bits per heavy atom. The Hall–Kier alpha value is -1.13. The fourth-order valence-corrected chi connectivity index (χ4v) is 4.75. The number of rotatable bonds is 3. The van der Waals surface area contributed by atoms with E-state index in [1.807, 2.05) is 17.5 Å². The molecule has 2 unspecified atom stereocenters. The number of aromatic nitrogens is 1. The summed E-state index contributed by atoms with van der Waals surface area (Å²) in [6.45, 7) is 3.31. The fraction of sp³-hybridized carbons (Fsp3) is 0.562. The Labute approximate surface area is 124 Å². The van der Waals surface area contributed by atoms with Gasteiger partial charge in [0.1, 0.15) is 5.82 Å². The molecule has 1 N–H and O–H groups in total. The molecule has 0 spiro atoms. The third-order valence-electron chi connectivity index (χ3n) is 4.86. The summed E-state index contributed by atoms with van der Waals surface area (Å²) in [4.78, 5) is 7.25. The minimum Gasteiger partial charge on any atom is -0.353 e. The van der Waals surface area contributed by atoms with Crippen LogP contribution >= 0.6 is 11.3 Å². The zero-order valence-electron chi connectivity index (χ0n) is 11.9. The van der Waals surface area contributed by atoms with Gasteiger partial charge in [-0.25, -0.2) is 4.98 Å². The number of anilines is 1. The maximum Gasteiger partial charge on any atom is 0.137 e.